The summed E-state index contributed by atoms with van der Waals surface area (Å²) in [4.78, 5) is 11.7. The summed E-state index contributed by atoms with van der Waals surface area (Å²) in [7, 11) is 0. The van der Waals surface area contributed by atoms with Gasteiger partial charge in [0.15, 0.2) is 0 Å². The molecule has 1 aromatic carbocycles. The highest BCUT2D eigenvalue weighted by Crippen LogP contribution is 2.12. The van der Waals surface area contributed by atoms with Gasteiger partial charge in [-0.25, -0.2) is 0 Å². The second-order valence-corrected chi connectivity index (χ2v) is 4.32. The number of hydrogen-bond donors (Lipinski definition) is 3. The number of nitrogens with two attached hydrogens (primary N) is 1. The van der Waals surface area contributed by atoms with Gasteiger partial charge in [-0.15, -0.1) is 0 Å². The predicted octanol–water partition coefficient (Wildman–Crippen LogP) is 1.47. The van der Waals surface area contributed by atoms with Gasteiger partial charge in [-0.1, -0.05) is 0 Å². The van der Waals surface area contributed by atoms with E-state index in [0.717, 1.165) is 12.0 Å². The number of hydrogen-bond acceptors (Lipinski definition) is 3. The van der Waals surface area contributed by atoms with E-state index in [9.17, 15) is 4.79 Å². The SMILES string of the molecule is Cc1cc(C(=O)NCCCC(C)O)ccc1N. The molecule has 0 heterocycles. The molecule has 4 nitrogen and oxygen atoms in total. The summed E-state index contributed by atoms with van der Waals surface area (Å²) in [5, 5.41) is 11.9. The van der Waals surface area contributed by atoms with Crippen LogP contribution in [0.1, 0.15) is 35.7 Å². The van der Waals surface area contributed by atoms with Crippen molar-refractivity contribution in [3.63, 3.8) is 0 Å². The van der Waals surface area contributed by atoms with Crippen molar-refractivity contribution in [2.75, 3.05) is 12.3 Å². The van der Waals surface area contributed by atoms with Crippen LogP contribution in [0.25, 0.3) is 0 Å². The van der Waals surface area contributed by atoms with Crippen molar-refractivity contribution < 1.29 is 9.90 Å². The van der Waals surface area contributed by atoms with E-state index in [1.807, 2.05) is 6.92 Å². The summed E-state index contributed by atoms with van der Waals surface area (Å²) in [6.07, 6.45) is 1.16. The van der Waals surface area contributed by atoms with Gasteiger partial charge in [0.2, 0.25) is 0 Å². The first-order valence-electron chi connectivity index (χ1n) is 5.83. The number of aryl methyl sites for hydroxylation is 1. The second-order valence-electron chi connectivity index (χ2n) is 4.32. The van der Waals surface area contributed by atoms with Gasteiger partial charge in [0.1, 0.15) is 0 Å². The Morgan fingerprint density at radius 2 is 2.24 bits per heavy atom. The van der Waals surface area contributed by atoms with E-state index in [2.05, 4.69) is 5.32 Å². The van der Waals surface area contributed by atoms with Crippen LogP contribution in [0, 0.1) is 6.92 Å². The highest BCUT2D eigenvalue weighted by Gasteiger charge is 2.06. The fourth-order valence-electron chi connectivity index (χ4n) is 1.52. The molecule has 1 aromatic rings. The molecule has 0 radical (unpaired) electrons. The molecule has 4 N–H and O–H groups in total. The zero-order chi connectivity index (χ0) is 12.8. The number of aliphatic hydroxyl groups excluding tert-OH is 1. The minimum Gasteiger partial charge on any atom is -0.399 e. The van der Waals surface area contributed by atoms with Crippen molar-refractivity contribution in [2.45, 2.75) is 32.8 Å². The number of amides is 1. The first-order valence-corrected chi connectivity index (χ1v) is 5.83. The molecule has 1 amide bonds. The molecule has 0 aromatic heterocycles. The Morgan fingerprint density at radius 1 is 1.53 bits per heavy atom. The maximum absolute atomic E-state index is 11.7. The first kappa shape index (κ1) is 13.5. The van der Waals surface area contributed by atoms with Gasteiger partial charge >= 0.3 is 0 Å². The zero-order valence-corrected chi connectivity index (χ0v) is 10.4. The van der Waals surface area contributed by atoms with Crippen LogP contribution in [-0.4, -0.2) is 23.7 Å². The maximum atomic E-state index is 11.7. The molecule has 0 spiro atoms. The van der Waals surface area contributed by atoms with Crippen LogP contribution in [0.5, 0.6) is 0 Å². The third-order valence-electron chi connectivity index (χ3n) is 2.62. The first-order chi connectivity index (χ1) is 8.00. The summed E-state index contributed by atoms with van der Waals surface area (Å²) in [6, 6.07) is 5.23. The van der Waals surface area contributed by atoms with Crippen molar-refractivity contribution in [2.24, 2.45) is 0 Å². The molecule has 1 unspecified atom stereocenters. The molecular formula is C13H20N2O2. The summed E-state index contributed by atoms with van der Waals surface area (Å²) in [5.74, 6) is -0.0984. The minimum atomic E-state index is -0.314. The molecule has 0 saturated carbocycles. The average molecular weight is 236 g/mol. The van der Waals surface area contributed by atoms with Crippen LogP contribution < -0.4 is 11.1 Å². The van der Waals surface area contributed by atoms with Gasteiger partial charge < -0.3 is 16.2 Å². The molecule has 0 bridgehead atoms. The molecule has 0 fully saturated rings. The van der Waals surface area contributed by atoms with Gasteiger partial charge in [-0.3, -0.25) is 4.79 Å². The fraction of sp³-hybridized carbons (Fsp3) is 0.462. The van der Waals surface area contributed by atoms with Crippen molar-refractivity contribution >= 4 is 11.6 Å². The van der Waals surface area contributed by atoms with E-state index in [0.29, 0.717) is 24.2 Å². The predicted molar refractivity (Wildman–Crippen MR) is 68.8 cm³/mol. The number of rotatable bonds is 5. The number of anilines is 1. The van der Waals surface area contributed by atoms with Crippen LogP contribution in [0.15, 0.2) is 18.2 Å². The number of benzene rings is 1. The molecule has 0 aliphatic carbocycles. The second kappa shape index (κ2) is 6.25. The molecule has 0 saturated heterocycles. The maximum Gasteiger partial charge on any atom is 0.251 e. The lowest BCUT2D eigenvalue weighted by Crippen LogP contribution is -2.25. The monoisotopic (exact) mass is 236 g/mol. The summed E-state index contributed by atoms with van der Waals surface area (Å²) < 4.78 is 0. The molecule has 17 heavy (non-hydrogen) atoms. The zero-order valence-electron chi connectivity index (χ0n) is 10.4. The van der Waals surface area contributed by atoms with E-state index >= 15 is 0 Å². The van der Waals surface area contributed by atoms with Gasteiger partial charge in [0, 0.05) is 17.8 Å². The van der Waals surface area contributed by atoms with E-state index in [-0.39, 0.29) is 12.0 Å². The van der Waals surface area contributed by atoms with Crippen molar-refractivity contribution in [3.05, 3.63) is 29.3 Å². The summed E-state index contributed by atoms with van der Waals surface area (Å²) in [5.41, 5.74) is 7.90. The number of nitrogens with one attached hydrogen (secondary N) is 1. The van der Waals surface area contributed by atoms with Crippen LogP contribution in [0.2, 0.25) is 0 Å². The van der Waals surface area contributed by atoms with Crippen LogP contribution in [0.4, 0.5) is 5.69 Å². The molecule has 4 heteroatoms. The lowest BCUT2D eigenvalue weighted by molar-refractivity contribution is 0.0949. The topological polar surface area (TPSA) is 75.3 Å². The molecule has 1 atom stereocenters. The number of nitrogen functional groups attached to an aromatic ring is 1. The van der Waals surface area contributed by atoms with Crippen LogP contribution >= 0.6 is 0 Å². The quantitative estimate of drug-likeness (QED) is 0.535. The molecule has 1 rings (SSSR count). The molecule has 0 aliphatic rings. The summed E-state index contributed by atoms with van der Waals surface area (Å²) in [6.45, 7) is 4.19. The minimum absolute atomic E-state index is 0.0984. The molecule has 94 valence electrons. The third-order valence-corrected chi connectivity index (χ3v) is 2.62. The van der Waals surface area contributed by atoms with E-state index in [1.165, 1.54) is 0 Å². The van der Waals surface area contributed by atoms with Crippen molar-refractivity contribution in [1.29, 1.82) is 0 Å². The molecule has 0 aliphatic heterocycles. The Balaban J connectivity index is 2.44. The van der Waals surface area contributed by atoms with Gasteiger partial charge in [0.05, 0.1) is 6.10 Å². The Hall–Kier alpha value is -1.55. The third kappa shape index (κ3) is 4.44. The average Bonchev–Trinajstić information content (AvgIpc) is 2.27. The fourth-order valence-corrected chi connectivity index (χ4v) is 1.52. The smallest absolute Gasteiger partial charge is 0.251 e. The number of aliphatic hydroxyl groups is 1. The van der Waals surface area contributed by atoms with E-state index in [1.54, 1.807) is 25.1 Å². The lowest BCUT2D eigenvalue weighted by atomic mass is 10.1. The number of carbonyl (C=O) groups is 1. The van der Waals surface area contributed by atoms with Gasteiger partial charge in [0.25, 0.3) is 5.91 Å². The normalized spacial score (nSPS) is 12.2. The van der Waals surface area contributed by atoms with E-state index in [4.69, 9.17) is 10.8 Å². The highest BCUT2D eigenvalue weighted by atomic mass is 16.3. The van der Waals surface area contributed by atoms with Crippen molar-refractivity contribution in [1.82, 2.24) is 5.32 Å². The lowest BCUT2D eigenvalue weighted by Gasteiger charge is -2.08. The van der Waals surface area contributed by atoms with Crippen LogP contribution in [0.3, 0.4) is 0 Å². The Morgan fingerprint density at radius 3 is 2.82 bits per heavy atom. The largest absolute Gasteiger partial charge is 0.399 e. The standard InChI is InChI=1S/C13H20N2O2/c1-9-8-11(5-6-12(9)14)13(17)15-7-3-4-10(2)16/h5-6,8,10,16H,3-4,7,14H2,1-2H3,(H,15,17). The highest BCUT2D eigenvalue weighted by molar-refractivity contribution is 5.94. The Labute approximate surface area is 102 Å². The Bertz CT molecular complexity index is 389. The van der Waals surface area contributed by atoms with Crippen LogP contribution in [-0.2, 0) is 0 Å². The Kier molecular flexibility index (Phi) is 4.97. The van der Waals surface area contributed by atoms with Crippen molar-refractivity contribution in [3.8, 4) is 0 Å². The van der Waals surface area contributed by atoms with Gasteiger partial charge in [-0.2, -0.15) is 0 Å². The number of carbonyl (C=O) groups excluding carboxylic acids is 1. The van der Waals surface area contributed by atoms with E-state index < -0.39 is 0 Å². The molecular weight excluding hydrogens is 216 g/mol. The van der Waals surface area contributed by atoms with Gasteiger partial charge in [-0.05, 0) is 50.5 Å². The summed E-state index contributed by atoms with van der Waals surface area (Å²) >= 11 is 0.